The Labute approximate surface area is 140 Å². The van der Waals surface area contributed by atoms with E-state index in [9.17, 15) is 10.1 Å². The maximum absolute atomic E-state index is 11.9. The van der Waals surface area contributed by atoms with Crippen molar-refractivity contribution in [3.8, 4) is 6.07 Å². The van der Waals surface area contributed by atoms with Crippen LogP contribution in [0.5, 0.6) is 0 Å². The number of para-hydroxylation sites is 1. The van der Waals surface area contributed by atoms with E-state index in [0.717, 1.165) is 11.3 Å². The molecule has 0 saturated heterocycles. The van der Waals surface area contributed by atoms with Gasteiger partial charge < -0.3 is 9.64 Å². The number of nitrogens with zero attached hydrogens (tertiary/aromatic N) is 2. The zero-order valence-electron chi connectivity index (χ0n) is 13.3. The van der Waals surface area contributed by atoms with Crippen LogP contribution in [-0.2, 0) is 16.1 Å². The van der Waals surface area contributed by atoms with Crippen LogP contribution in [0.25, 0.3) is 5.57 Å². The van der Waals surface area contributed by atoms with Crippen molar-refractivity contribution in [1.29, 1.82) is 5.26 Å². The smallest absolute Gasteiger partial charge is 0.349 e. The minimum absolute atomic E-state index is 0.0144. The zero-order chi connectivity index (χ0) is 16.9. The van der Waals surface area contributed by atoms with Crippen molar-refractivity contribution in [3.63, 3.8) is 0 Å². The fourth-order valence-electron chi connectivity index (χ4n) is 2.74. The molecule has 0 atom stereocenters. The fraction of sp³-hybridized carbons (Fsp3) is 0.100. The third-order valence-corrected chi connectivity index (χ3v) is 3.89. The summed E-state index contributed by atoms with van der Waals surface area (Å²) in [6, 6.07) is 19.8. The molecule has 0 fully saturated rings. The molecular weight excluding hydrogens is 300 g/mol. The maximum Gasteiger partial charge on any atom is 0.349 e. The summed E-state index contributed by atoms with van der Waals surface area (Å²) < 4.78 is 4.73. The Morgan fingerprint density at radius 3 is 2.54 bits per heavy atom. The minimum Gasteiger partial charge on any atom is -0.465 e. The number of methoxy groups -OCH3 is 1. The number of allylic oxidation sites excluding steroid dienone is 2. The fourth-order valence-corrected chi connectivity index (χ4v) is 2.74. The number of esters is 1. The highest BCUT2D eigenvalue weighted by Gasteiger charge is 2.22. The van der Waals surface area contributed by atoms with Gasteiger partial charge in [0.25, 0.3) is 0 Å². The van der Waals surface area contributed by atoms with Gasteiger partial charge in [0, 0.05) is 29.6 Å². The first-order valence-corrected chi connectivity index (χ1v) is 7.55. The SMILES string of the molecule is COC(=O)/C(C#N)=C1/C=CN(Cc2ccccc2)c2ccccc21. The number of anilines is 1. The molecule has 0 bridgehead atoms. The summed E-state index contributed by atoms with van der Waals surface area (Å²) in [5.74, 6) is -0.622. The molecule has 0 radical (unpaired) electrons. The van der Waals surface area contributed by atoms with Crippen molar-refractivity contribution in [3.05, 3.63) is 83.6 Å². The topological polar surface area (TPSA) is 53.3 Å². The van der Waals surface area contributed by atoms with Crippen molar-refractivity contribution < 1.29 is 9.53 Å². The van der Waals surface area contributed by atoms with Crippen LogP contribution in [-0.4, -0.2) is 13.1 Å². The largest absolute Gasteiger partial charge is 0.465 e. The molecule has 0 amide bonds. The number of hydrogen-bond acceptors (Lipinski definition) is 4. The van der Waals surface area contributed by atoms with Gasteiger partial charge in [0.1, 0.15) is 11.6 Å². The van der Waals surface area contributed by atoms with Crippen LogP contribution < -0.4 is 4.90 Å². The molecule has 4 heteroatoms. The van der Waals surface area contributed by atoms with Gasteiger partial charge in [0.15, 0.2) is 0 Å². The second kappa shape index (κ2) is 6.84. The predicted molar refractivity (Wildman–Crippen MR) is 92.8 cm³/mol. The van der Waals surface area contributed by atoms with Gasteiger partial charge in [-0.3, -0.25) is 0 Å². The van der Waals surface area contributed by atoms with Crippen LogP contribution in [0.3, 0.4) is 0 Å². The molecule has 1 aliphatic heterocycles. The van der Waals surface area contributed by atoms with E-state index in [1.54, 1.807) is 6.08 Å². The van der Waals surface area contributed by atoms with Gasteiger partial charge in [-0.1, -0.05) is 48.5 Å². The lowest BCUT2D eigenvalue weighted by Crippen LogP contribution is -2.20. The Hall–Kier alpha value is -3.32. The van der Waals surface area contributed by atoms with E-state index in [-0.39, 0.29) is 5.57 Å². The standard InChI is InChI=1S/C20H16N2O2/c1-24-20(23)18(13-21)16-11-12-22(14-15-7-3-2-4-8-15)19-10-6-5-9-17(16)19/h2-12H,14H2,1H3/b18-16-. The van der Waals surface area contributed by atoms with Crippen molar-refractivity contribution in [2.75, 3.05) is 12.0 Å². The van der Waals surface area contributed by atoms with Crippen LogP contribution in [0.2, 0.25) is 0 Å². The molecule has 118 valence electrons. The van der Waals surface area contributed by atoms with E-state index in [1.165, 1.54) is 12.7 Å². The highest BCUT2D eigenvalue weighted by Crippen LogP contribution is 2.35. The number of ether oxygens (including phenoxy) is 1. The van der Waals surface area contributed by atoms with Gasteiger partial charge in [0.2, 0.25) is 0 Å². The third kappa shape index (κ3) is 2.92. The Morgan fingerprint density at radius 1 is 1.12 bits per heavy atom. The van der Waals surface area contributed by atoms with E-state index in [0.29, 0.717) is 12.1 Å². The molecule has 0 aliphatic carbocycles. The number of carbonyl (C=O) groups excluding carboxylic acids is 1. The maximum atomic E-state index is 11.9. The Balaban J connectivity index is 2.05. The summed E-state index contributed by atoms with van der Waals surface area (Å²) in [7, 11) is 1.28. The first-order chi connectivity index (χ1) is 11.7. The number of benzene rings is 2. The Morgan fingerprint density at radius 2 is 1.83 bits per heavy atom. The second-order valence-electron chi connectivity index (χ2n) is 5.34. The molecule has 1 heterocycles. The number of rotatable bonds is 3. The minimum atomic E-state index is -0.622. The predicted octanol–water partition coefficient (Wildman–Crippen LogP) is 3.67. The molecular formula is C20H16N2O2. The van der Waals surface area contributed by atoms with E-state index in [1.807, 2.05) is 54.7 Å². The molecule has 1 aliphatic rings. The Kier molecular flexibility index (Phi) is 4.44. The second-order valence-corrected chi connectivity index (χ2v) is 5.34. The molecule has 0 unspecified atom stereocenters. The number of carbonyl (C=O) groups is 1. The lowest BCUT2D eigenvalue weighted by Gasteiger charge is -2.28. The van der Waals surface area contributed by atoms with Gasteiger partial charge >= 0.3 is 5.97 Å². The van der Waals surface area contributed by atoms with Gasteiger partial charge in [-0.05, 0) is 17.7 Å². The van der Waals surface area contributed by atoms with Crippen molar-refractivity contribution in [2.24, 2.45) is 0 Å². The summed E-state index contributed by atoms with van der Waals surface area (Å²) >= 11 is 0. The molecule has 2 aromatic rings. The van der Waals surface area contributed by atoms with Crippen molar-refractivity contribution >= 4 is 17.2 Å². The third-order valence-electron chi connectivity index (χ3n) is 3.89. The first-order valence-electron chi connectivity index (χ1n) is 7.55. The highest BCUT2D eigenvalue weighted by molar-refractivity contribution is 6.06. The average Bonchev–Trinajstić information content (AvgIpc) is 2.64. The van der Waals surface area contributed by atoms with E-state index < -0.39 is 5.97 Å². The van der Waals surface area contributed by atoms with E-state index >= 15 is 0 Å². The zero-order valence-corrected chi connectivity index (χ0v) is 13.3. The normalized spacial score (nSPS) is 14.6. The van der Waals surface area contributed by atoms with E-state index in [4.69, 9.17) is 4.74 Å². The molecule has 24 heavy (non-hydrogen) atoms. The molecule has 2 aromatic carbocycles. The average molecular weight is 316 g/mol. The first kappa shape index (κ1) is 15.6. The Bertz CT molecular complexity index is 861. The molecule has 0 spiro atoms. The summed E-state index contributed by atoms with van der Waals surface area (Å²) in [4.78, 5) is 14.0. The van der Waals surface area contributed by atoms with Crippen molar-refractivity contribution in [1.82, 2.24) is 0 Å². The number of fused-ring (bicyclic) bond motifs is 1. The van der Waals surface area contributed by atoms with Crippen molar-refractivity contribution in [2.45, 2.75) is 6.54 Å². The summed E-state index contributed by atoms with van der Waals surface area (Å²) in [5.41, 5.74) is 3.58. The van der Waals surface area contributed by atoms with Gasteiger partial charge in [-0.15, -0.1) is 0 Å². The van der Waals surface area contributed by atoms with Crippen LogP contribution in [0.1, 0.15) is 11.1 Å². The molecule has 0 N–H and O–H groups in total. The number of hydrogen-bond donors (Lipinski definition) is 0. The van der Waals surface area contributed by atoms with Gasteiger partial charge in [0.05, 0.1) is 7.11 Å². The van der Waals surface area contributed by atoms with Crippen LogP contribution in [0.4, 0.5) is 5.69 Å². The molecule has 0 aromatic heterocycles. The van der Waals surface area contributed by atoms with E-state index in [2.05, 4.69) is 17.0 Å². The summed E-state index contributed by atoms with van der Waals surface area (Å²) in [6.45, 7) is 0.710. The van der Waals surface area contributed by atoms with Crippen LogP contribution >= 0.6 is 0 Å². The summed E-state index contributed by atoms with van der Waals surface area (Å²) in [5, 5.41) is 9.35. The molecule has 3 rings (SSSR count). The monoisotopic (exact) mass is 316 g/mol. The van der Waals surface area contributed by atoms with Gasteiger partial charge in [-0.25, -0.2) is 4.79 Å². The highest BCUT2D eigenvalue weighted by atomic mass is 16.5. The van der Waals surface area contributed by atoms with Gasteiger partial charge in [-0.2, -0.15) is 5.26 Å². The lowest BCUT2D eigenvalue weighted by atomic mass is 9.95. The number of nitriles is 1. The molecule has 4 nitrogen and oxygen atoms in total. The molecule has 0 saturated carbocycles. The van der Waals surface area contributed by atoms with Crippen LogP contribution in [0.15, 0.2) is 72.4 Å². The lowest BCUT2D eigenvalue weighted by molar-refractivity contribution is -0.135. The summed E-state index contributed by atoms with van der Waals surface area (Å²) in [6.07, 6.45) is 3.69. The quantitative estimate of drug-likeness (QED) is 0.492. The van der Waals surface area contributed by atoms with Crippen LogP contribution in [0, 0.1) is 11.3 Å².